The number of nitrogen functional groups attached to an aromatic ring is 1. The van der Waals surface area contributed by atoms with Crippen LogP contribution in [0.5, 0.6) is 0 Å². The molecular weight excluding hydrogens is 350 g/mol. The highest BCUT2D eigenvalue weighted by molar-refractivity contribution is 9.11. The van der Waals surface area contributed by atoms with E-state index >= 15 is 0 Å². The number of hydrogen-bond acceptors (Lipinski definition) is 4. The molecule has 2 aromatic heterocycles. The number of aromatic nitrogens is 2. The topological polar surface area (TPSA) is 64.9 Å². The van der Waals surface area contributed by atoms with Crippen LogP contribution in [0.4, 0.5) is 5.82 Å². The molecule has 6 heteroatoms. The maximum absolute atomic E-state index is 5.89. The lowest BCUT2D eigenvalue weighted by atomic mass is 10.2. The molecule has 0 atom stereocenters. The number of rotatable bonds is 2. The Morgan fingerprint density at radius 1 is 1.29 bits per heavy atom. The summed E-state index contributed by atoms with van der Waals surface area (Å²) in [5.74, 6) is 2.11. The van der Waals surface area contributed by atoms with Gasteiger partial charge in [-0.05, 0) is 50.8 Å². The maximum Gasteiger partial charge on any atom is 0.199 e. The molecule has 2 heterocycles. The van der Waals surface area contributed by atoms with Crippen molar-refractivity contribution in [3.05, 3.63) is 27.0 Å². The molecular formula is C11H9Br2N3O. The molecule has 0 unspecified atom stereocenters. The van der Waals surface area contributed by atoms with Crippen LogP contribution < -0.4 is 5.73 Å². The molecule has 0 aromatic carbocycles. The van der Waals surface area contributed by atoms with Crippen molar-refractivity contribution in [2.75, 3.05) is 5.73 Å². The molecule has 3 rings (SSSR count). The van der Waals surface area contributed by atoms with Crippen LogP contribution in [0.1, 0.15) is 24.5 Å². The summed E-state index contributed by atoms with van der Waals surface area (Å²) in [5, 5.41) is 0. The predicted molar refractivity (Wildman–Crippen MR) is 71.5 cm³/mol. The van der Waals surface area contributed by atoms with Gasteiger partial charge in [-0.3, -0.25) is 0 Å². The van der Waals surface area contributed by atoms with Gasteiger partial charge < -0.3 is 10.2 Å². The number of hydrogen-bond donors (Lipinski definition) is 1. The fraction of sp³-hybridized carbons (Fsp3) is 0.273. The summed E-state index contributed by atoms with van der Waals surface area (Å²) in [6.07, 6.45) is 3.92. The third-order valence-corrected chi connectivity index (χ3v) is 4.12. The molecule has 0 radical (unpaired) electrons. The largest absolute Gasteiger partial charge is 0.460 e. The van der Waals surface area contributed by atoms with Gasteiger partial charge in [0.15, 0.2) is 11.6 Å². The molecule has 17 heavy (non-hydrogen) atoms. The number of anilines is 1. The lowest BCUT2D eigenvalue weighted by Crippen LogP contribution is -2.01. The Labute approximate surface area is 115 Å². The van der Waals surface area contributed by atoms with Gasteiger partial charge in [0.05, 0.1) is 20.9 Å². The summed E-state index contributed by atoms with van der Waals surface area (Å²) in [6, 6.07) is 1.81. The highest BCUT2D eigenvalue weighted by atomic mass is 79.9. The van der Waals surface area contributed by atoms with Gasteiger partial charge in [0, 0.05) is 5.92 Å². The zero-order chi connectivity index (χ0) is 12.0. The molecule has 2 N–H and O–H groups in total. The van der Waals surface area contributed by atoms with Crippen LogP contribution >= 0.6 is 31.9 Å². The third kappa shape index (κ3) is 1.99. The molecule has 1 saturated carbocycles. The second kappa shape index (κ2) is 4.10. The first-order valence-corrected chi connectivity index (χ1v) is 6.81. The molecule has 4 nitrogen and oxygen atoms in total. The zero-order valence-electron chi connectivity index (χ0n) is 8.78. The first kappa shape index (κ1) is 11.2. The highest BCUT2D eigenvalue weighted by Crippen LogP contribution is 2.44. The number of furan rings is 1. The van der Waals surface area contributed by atoms with Gasteiger partial charge in [-0.2, -0.15) is 0 Å². The SMILES string of the molecule is Nc1nc(-c2occc2Br)nc(C2CC2)c1Br. The van der Waals surface area contributed by atoms with Gasteiger partial charge in [0.1, 0.15) is 5.82 Å². The van der Waals surface area contributed by atoms with Crippen molar-refractivity contribution >= 4 is 37.7 Å². The van der Waals surface area contributed by atoms with Crippen LogP contribution in [0.25, 0.3) is 11.6 Å². The van der Waals surface area contributed by atoms with Crippen molar-refractivity contribution in [1.82, 2.24) is 9.97 Å². The first-order valence-electron chi connectivity index (χ1n) is 5.23. The van der Waals surface area contributed by atoms with E-state index in [2.05, 4.69) is 41.8 Å². The van der Waals surface area contributed by atoms with Crippen molar-refractivity contribution < 1.29 is 4.42 Å². The Bertz CT molecular complexity index is 578. The monoisotopic (exact) mass is 357 g/mol. The summed E-state index contributed by atoms with van der Waals surface area (Å²) in [6.45, 7) is 0. The molecule has 1 aliphatic carbocycles. The van der Waals surface area contributed by atoms with E-state index in [1.165, 1.54) is 0 Å². The summed E-state index contributed by atoms with van der Waals surface area (Å²) in [5.41, 5.74) is 6.87. The Morgan fingerprint density at radius 2 is 2.06 bits per heavy atom. The van der Waals surface area contributed by atoms with Crippen LogP contribution in [-0.4, -0.2) is 9.97 Å². The van der Waals surface area contributed by atoms with Crippen LogP contribution in [0.3, 0.4) is 0 Å². The van der Waals surface area contributed by atoms with Gasteiger partial charge in [0.2, 0.25) is 0 Å². The Morgan fingerprint density at radius 3 is 2.65 bits per heavy atom. The summed E-state index contributed by atoms with van der Waals surface area (Å²) >= 11 is 6.84. The maximum atomic E-state index is 5.89. The molecule has 0 saturated heterocycles. The normalized spacial score (nSPS) is 15.2. The van der Waals surface area contributed by atoms with E-state index in [0.29, 0.717) is 23.3 Å². The van der Waals surface area contributed by atoms with Gasteiger partial charge >= 0.3 is 0 Å². The fourth-order valence-corrected chi connectivity index (χ4v) is 2.54. The average Bonchev–Trinajstić information content (AvgIpc) is 3.05. The van der Waals surface area contributed by atoms with E-state index < -0.39 is 0 Å². The van der Waals surface area contributed by atoms with Gasteiger partial charge in [-0.15, -0.1) is 0 Å². The fourth-order valence-electron chi connectivity index (χ4n) is 1.66. The van der Waals surface area contributed by atoms with E-state index in [-0.39, 0.29) is 0 Å². The van der Waals surface area contributed by atoms with E-state index in [9.17, 15) is 0 Å². The van der Waals surface area contributed by atoms with Gasteiger partial charge in [-0.1, -0.05) is 0 Å². The number of halogens is 2. The van der Waals surface area contributed by atoms with Crippen LogP contribution in [0.15, 0.2) is 25.7 Å². The number of nitrogens with two attached hydrogens (primary N) is 1. The van der Waals surface area contributed by atoms with E-state index in [1.54, 1.807) is 6.26 Å². The molecule has 88 valence electrons. The standard InChI is InChI=1S/C11H9Br2N3O/c12-6-3-4-17-9(6)11-15-8(5-1-2-5)7(13)10(14)16-11/h3-5H,1-2H2,(H2,14,15,16). The quantitative estimate of drug-likeness (QED) is 0.888. The first-order chi connectivity index (χ1) is 8.16. The molecule has 0 bridgehead atoms. The molecule has 0 amide bonds. The second-order valence-corrected chi connectivity index (χ2v) is 5.65. The second-order valence-electron chi connectivity index (χ2n) is 4.00. The molecule has 0 spiro atoms. The minimum atomic E-state index is 0.459. The average molecular weight is 359 g/mol. The number of nitrogens with zero attached hydrogens (tertiary/aromatic N) is 2. The smallest absolute Gasteiger partial charge is 0.199 e. The molecule has 1 fully saturated rings. The van der Waals surface area contributed by atoms with Crippen LogP contribution in [-0.2, 0) is 0 Å². The van der Waals surface area contributed by atoms with Crippen LogP contribution in [0, 0.1) is 0 Å². The van der Waals surface area contributed by atoms with E-state index in [1.807, 2.05) is 6.07 Å². The minimum absolute atomic E-state index is 0.459. The Balaban J connectivity index is 2.15. The van der Waals surface area contributed by atoms with Crippen molar-refractivity contribution in [3.8, 4) is 11.6 Å². The van der Waals surface area contributed by atoms with Crippen molar-refractivity contribution in [1.29, 1.82) is 0 Å². The predicted octanol–water partition coefficient (Wildman–Crippen LogP) is 3.72. The Hall–Kier alpha value is -0.880. The highest BCUT2D eigenvalue weighted by Gasteiger charge is 2.29. The van der Waals surface area contributed by atoms with Crippen molar-refractivity contribution in [2.45, 2.75) is 18.8 Å². The summed E-state index contributed by atoms with van der Waals surface area (Å²) < 4.78 is 7.00. The zero-order valence-corrected chi connectivity index (χ0v) is 12.0. The third-order valence-electron chi connectivity index (χ3n) is 2.69. The minimum Gasteiger partial charge on any atom is -0.460 e. The van der Waals surface area contributed by atoms with E-state index in [0.717, 1.165) is 27.5 Å². The molecule has 2 aromatic rings. The van der Waals surface area contributed by atoms with Crippen molar-refractivity contribution in [3.63, 3.8) is 0 Å². The van der Waals surface area contributed by atoms with E-state index in [4.69, 9.17) is 10.2 Å². The molecule has 1 aliphatic rings. The molecule has 0 aliphatic heterocycles. The van der Waals surface area contributed by atoms with Gasteiger partial charge in [-0.25, -0.2) is 9.97 Å². The summed E-state index contributed by atoms with van der Waals surface area (Å²) in [7, 11) is 0. The summed E-state index contributed by atoms with van der Waals surface area (Å²) in [4.78, 5) is 8.78. The van der Waals surface area contributed by atoms with Crippen molar-refractivity contribution in [2.24, 2.45) is 0 Å². The lowest BCUT2D eigenvalue weighted by Gasteiger charge is -2.06. The Kier molecular flexibility index (Phi) is 2.71. The van der Waals surface area contributed by atoms with Gasteiger partial charge in [0.25, 0.3) is 0 Å². The lowest BCUT2D eigenvalue weighted by molar-refractivity contribution is 0.575. The van der Waals surface area contributed by atoms with Crippen LogP contribution in [0.2, 0.25) is 0 Å².